The Hall–Kier alpha value is -1.87. The average molecular weight is 272 g/mol. The van der Waals surface area contributed by atoms with Crippen LogP contribution in [0.4, 0.5) is 4.39 Å². The third-order valence-corrected chi connectivity index (χ3v) is 3.77. The van der Waals surface area contributed by atoms with Crippen molar-refractivity contribution in [1.29, 1.82) is 0 Å². The fourth-order valence-electron chi connectivity index (χ4n) is 2.68. The normalized spacial score (nSPS) is 22.6. The lowest BCUT2D eigenvalue weighted by atomic mass is 9.95. The average Bonchev–Trinajstić information content (AvgIpc) is 2.49. The number of halogens is 1. The van der Waals surface area contributed by atoms with Gasteiger partial charge in [-0.3, -0.25) is 0 Å². The number of aromatic hydroxyl groups is 1. The van der Waals surface area contributed by atoms with E-state index >= 15 is 0 Å². The number of hydrogen-bond acceptors (Lipinski definition) is 2. The van der Waals surface area contributed by atoms with Gasteiger partial charge < -0.3 is 9.84 Å². The summed E-state index contributed by atoms with van der Waals surface area (Å²) in [6.45, 7) is 0. The maximum Gasteiger partial charge on any atom is 0.123 e. The van der Waals surface area contributed by atoms with Crippen LogP contribution in [0.25, 0.3) is 0 Å². The van der Waals surface area contributed by atoms with Crippen molar-refractivity contribution in [3.05, 3.63) is 65.5 Å². The van der Waals surface area contributed by atoms with Gasteiger partial charge in [0.1, 0.15) is 11.6 Å². The second-order valence-electron chi connectivity index (χ2n) is 5.19. The minimum Gasteiger partial charge on any atom is -0.508 e. The van der Waals surface area contributed by atoms with E-state index in [0.717, 1.165) is 30.4 Å². The number of phenols is 1. The monoisotopic (exact) mass is 272 g/mol. The summed E-state index contributed by atoms with van der Waals surface area (Å²) >= 11 is 0. The maximum absolute atomic E-state index is 13.0. The van der Waals surface area contributed by atoms with Crippen LogP contribution in [-0.2, 0) is 4.74 Å². The third-order valence-electron chi connectivity index (χ3n) is 3.77. The quantitative estimate of drug-likeness (QED) is 0.871. The molecule has 0 amide bonds. The molecule has 3 rings (SSSR count). The van der Waals surface area contributed by atoms with Crippen LogP contribution in [0.2, 0.25) is 0 Å². The summed E-state index contributed by atoms with van der Waals surface area (Å²) < 4.78 is 19.1. The molecule has 1 saturated heterocycles. The van der Waals surface area contributed by atoms with Crippen LogP contribution in [0.3, 0.4) is 0 Å². The van der Waals surface area contributed by atoms with Crippen molar-refractivity contribution in [3.8, 4) is 5.75 Å². The Morgan fingerprint density at radius 2 is 1.35 bits per heavy atom. The smallest absolute Gasteiger partial charge is 0.123 e. The van der Waals surface area contributed by atoms with E-state index in [1.54, 1.807) is 24.3 Å². The van der Waals surface area contributed by atoms with E-state index in [1.165, 1.54) is 12.1 Å². The van der Waals surface area contributed by atoms with E-state index in [2.05, 4.69) is 0 Å². The summed E-state index contributed by atoms with van der Waals surface area (Å²) in [5.74, 6) is 0.0410. The molecule has 1 aliphatic rings. The summed E-state index contributed by atoms with van der Waals surface area (Å²) in [5, 5.41) is 9.33. The highest BCUT2D eigenvalue weighted by Gasteiger charge is 2.24. The van der Waals surface area contributed by atoms with E-state index in [-0.39, 0.29) is 23.8 Å². The van der Waals surface area contributed by atoms with Crippen LogP contribution >= 0.6 is 0 Å². The van der Waals surface area contributed by atoms with Gasteiger partial charge in [-0.1, -0.05) is 24.3 Å². The molecule has 1 fully saturated rings. The van der Waals surface area contributed by atoms with E-state index in [9.17, 15) is 9.50 Å². The van der Waals surface area contributed by atoms with Crippen molar-refractivity contribution in [2.75, 3.05) is 0 Å². The molecular formula is C17H17FO2. The number of benzene rings is 2. The lowest BCUT2D eigenvalue weighted by Gasteiger charge is -2.30. The third kappa shape index (κ3) is 2.83. The second-order valence-corrected chi connectivity index (χ2v) is 5.19. The number of hydrogen-bond donors (Lipinski definition) is 1. The Morgan fingerprint density at radius 1 is 0.850 bits per heavy atom. The van der Waals surface area contributed by atoms with Crippen molar-refractivity contribution in [2.24, 2.45) is 0 Å². The summed E-state index contributed by atoms with van der Waals surface area (Å²) in [6, 6.07) is 13.7. The van der Waals surface area contributed by atoms with Gasteiger partial charge in [-0.2, -0.15) is 0 Å². The molecule has 0 spiro atoms. The van der Waals surface area contributed by atoms with Crippen LogP contribution in [0.15, 0.2) is 48.5 Å². The molecule has 2 aromatic rings. The zero-order valence-electron chi connectivity index (χ0n) is 11.1. The number of phenolic OH excluding ortho intramolecular Hbond substituents is 1. The topological polar surface area (TPSA) is 29.5 Å². The molecule has 1 heterocycles. The van der Waals surface area contributed by atoms with Gasteiger partial charge in [0.25, 0.3) is 0 Å². The predicted octanol–water partition coefficient (Wildman–Crippen LogP) is 4.51. The zero-order chi connectivity index (χ0) is 13.9. The van der Waals surface area contributed by atoms with Gasteiger partial charge in [0, 0.05) is 0 Å². The maximum atomic E-state index is 13.0. The van der Waals surface area contributed by atoms with E-state index in [0.29, 0.717) is 0 Å². The van der Waals surface area contributed by atoms with Gasteiger partial charge >= 0.3 is 0 Å². The van der Waals surface area contributed by atoms with Crippen LogP contribution < -0.4 is 0 Å². The summed E-state index contributed by atoms with van der Waals surface area (Å²) in [5.41, 5.74) is 2.10. The molecule has 1 N–H and O–H groups in total. The fourth-order valence-corrected chi connectivity index (χ4v) is 2.68. The Kier molecular flexibility index (Phi) is 3.70. The van der Waals surface area contributed by atoms with Gasteiger partial charge in [-0.25, -0.2) is 4.39 Å². The van der Waals surface area contributed by atoms with Gasteiger partial charge in [-0.05, 0) is 54.7 Å². The first kappa shape index (κ1) is 13.1. The molecule has 0 saturated carbocycles. The Morgan fingerprint density at radius 3 is 1.90 bits per heavy atom. The van der Waals surface area contributed by atoms with Gasteiger partial charge in [0.15, 0.2) is 0 Å². The molecule has 0 aromatic heterocycles. The molecule has 3 heteroatoms. The van der Waals surface area contributed by atoms with Crippen molar-refractivity contribution in [1.82, 2.24) is 0 Å². The van der Waals surface area contributed by atoms with E-state index in [4.69, 9.17) is 4.74 Å². The molecule has 2 atom stereocenters. The molecule has 0 bridgehead atoms. The molecule has 0 radical (unpaired) electrons. The molecule has 0 aliphatic carbocycles. The van der Waals surface area contributed by atoms with E-state index < -0.39 is 0 Å². The SMILES string of the molecule is Oc1ccc([C@H]2CCC[C@@H](c3ccc(F)cc3)O2)cc1. The highest BCUT2D eigenvalue weighted by Crippen LogP contribution is 2.38. The fraction of sp³-hybridized carbons (Fsp3) is 0.294. The van der Waals surface area contributed by atoms with Crippen LogP contribution in [-0.4, -0.2) is 5.11 Å². The molecule has 1 aliphatic heterocycles. The van der Waals surface area contributed by atoms with Crippen molar-refractivity contribution >= 4 is 0 Å². The standard InChI is InChI=1S/C17H17FO2/c18-14-8-4-12(5-9-14)16-2-1-3-17(20-16)13-6-10-15(19)11-7-13/h4-11,16-17,19H,1-3H2/t16-,17+/m0/s1. The van der Waals surface area contributed by atoms with Crippen LogP contribution in [0.1, 0.15) is 42.6 Å². The Labute approximate surface area is 117 Å². The zero-order valence-corrected chi connectivity index (χ0v) is 11.1. The second kappa shape index (κ2) is 5.63. The molecule has 2 nitrogen and oxygen atoms in total. The summed E-state index contributed by atoms with van der Waals surface area (Å²) in [4.78, 5) is 0. The number of rotatable bonds is 2. The Balaban J connectivity index is 1.76. The predicted molar refractivity (Wildman–Crippen MR) is 74.9 cm³/mol. The van der Waals surface area contributed by atoms with Crippen LogP contribution in [0.5, 0.6) is 5.75 Å². The van der Waals surface area contributed by atoms with Gasteiger partial charge in [0.05, 0.1) is 12.2 Å². The van der Waals surface area contributed by atoms with Gasteiger partial charge in [0.2, 0.25) is 0 Å². The molecular weight excluding hydrogens is 255 g/mol. The number of ether oxygens (including phenoxy) is 1. The highest BCUT2D eigenvalue weighted by molar-refractivity contribution is 5.28. The molecule has 2 aromatic carbocycles. The minimum absolute atomic E-state index is 0.0168. The first-order valence-corrected chi connectivity index (χ1v) is 6.92. The van der Waals surface area contributed by atoms with Crippen molar-refractivity contribution in [3.63, 3.8) is 0 Å². The summed E-state index contributed by atoms with van der Waals surface area (Å²) in [6.07, 6.45) is 3.07. The van der Waals surface area contributed by atoms with Crippen molar-refractivity contribution in [2.45, 2.75) is 31.5 Å². The van der Waals surface area contributed by atoms with Crippen LogP contribution in [0, 0.1) is 5.82 Å². The first-order chi connectivity index (χ1) is 9.72. The molecule has 104 valence electrons. The lowest BCUT2D eigenvalue weighted by molar-refractivity contribution is -0.0535. The highest BCUT2D eigenvalue weighted by atomic mass is 19.1. The Bertz CT molecular complexity index is 511. The first-order valence-electron chi connectivity index (χ1n) is 6.92. The lowest BCUT2D eigenvalue weighted by Crippen LogP contribution is -2.16. The molecule has 20 heavy (non-hydrogen) atoms. The van der Waals surface area contributed by atoms with Crippen molar-refractivity contribution < 1.29 is 14.2 Å². The largest absolute Gasteiger partial charge is 0.508 e. The molecule has 0 unspecified atom stereocenters. The summed E-state index contributed by atoms with van der Waals surface area (Å²) in [7, 11) is 0. The van der Waals surface area contributed by atoms with E-state index in [1.807, 2.05) is 12.1 Å². The minimum atomic E-state index is -0.223. The van der Waals surface area contributed by atoms with Gasteiger partial charge in [-0.15, -0.1) is 0 Å².